The molecule has 17 heavy (non-hydrogen) atoms. The molecule has 0 aliphatic heterocycles. The number of rotatable bonds is 5. The fraction of sp³-hybridized carbons (Fsp3) is 0.417. The molecule has 1 aromatic carbocycles. The number of hydrogen-bond donors (Lipinski definition) is 2. The third-order valence-corrected chi connectivity index (χ3v) is 2.52. The maximum atomic E-state index is 12.9. The topological polar surface area (TPSA) is 72.5 Å². The second kappa shape index (κ2) is 5.14. The molecule has 1 unspecified atom stereocenters. The molecule has 1 rings (SSSR count). The van der Waals surface area contributed by atoms with Crippen LogP contribution in [0.1, 0.15) is 18.9 Å². The SMILES string of the molecule is Cc1ccc(F)cc1OCCC(C)(N)C(=O)O. The number of carboxylic acids is 1. The van der Waals surface area contributed by atoms with Crippen molar-refractivity contribution in [2.45, 2.75) is 25.8 Å². The van der Waals surface area contributed by atoms with Crippen molar-refractivity contribution in [2.75, 3.05) is 6.61 Å². The second-order valence-electron chi connectivity index (χ2n) is 4.23. The molecular weight excluding hydrogens is 225 g/mol. The van der Waals surface area contributed by atoms with Gasteiger partial charge in [-0.3, -0.25) is 4.79 Å². The molecule has 0 bridgehead atoms. The molecule has 0 saturated carbocycles. The smallest absolute Gasteiger partial charge is 0.323 e. The summed E-state index contributed by atoms with van der Waals surface area (Å²) in [5.74, 6) is -1.07. The Morgan fingerprint density at radius 1 is 1.59 bits per heavy atom. The van der Waals surface area contributed by atoms with E-state index in [4.69, 9.17) is 15.6 Å². The Morgan fingerprint density at radius 2 is 2.24 bits per heavy atom. The summed E-state index contributed by atoms with van der Waals surface area (Å²) in [5.41, 5.74) is 5.00. The van der Waals surface area contributed by atoms with Crippen LogP contribution in [0.5, 0.6) is 5.75 Å². The Kier molecular flexibility index (Phi) is 4.07. The molecule has 0 aromatic heterocycles. The Balaban J connectivity index is 2.57. The van der Waals surface area contributed by atoms with Gasteiger partial charge in [-0.2, -0.15) is 0 Å². The summed E-state index contributed by atoms with van der Waals surface area (Å²) in [6, 6.07) is 4.21. The van der Waals surface area contributed by atoms with Crippen LogP contribution in [0, 0.1) is 12.7 Å². The first kappa shape index (κ1) is 13.4. The van der Waals surface area contributed by atoms with Gasteiger partial charge in [0.05, 0.1) is 6.61 Å². The molecule has 3 N–H and O–H groups in total. The third-order valence-electron chi connectivity index (χ3n) is 2.52. The summed E-state index contributed by atoms with van der Waals surface area (Å²) < 4.78 is 18.3. The average molecular weight is 241 g/mol. The predicted octanol–water partition coefficient (Wildman–Crippen LogP) is 1.71. The first-order chi connectivity index (χ1) is 7.83. The zero-order valence-corrected chi connectivity index (χ0v) is 9.87. The lowest BCUT2D eigenvalue weighted by Crippen LogP contribution is -2.45. The van der Waals surface area contributed by atoms with Gasteiger partial charge in [0.1, 0.15) is 17.1 Å². The van der Waals surface area contributed by atoms with E-state index in [0.717, 1.165) is 5.56 Å². The number of aliphatic carboxylic acids is 1. The normalized spacial score (nSPS) is 14.1. The van der Waals surface area contributed by atoms with Crippen LogP contribution in [0.25, 0.3) is 0 Å². The Labute approximate surface area is 99.2 Å². The van der Waals surface area contributed by atoms with Crippen LogP contribution in [0.3, 0.4) is 0 Å². The van der Waals surface area contributed by atoms with E-state index in [-0.39, 0.29) is 18.8 Å². The van der Waals surface area contributed by atoms with E-state index in [2.05, 4.69) is 0 Å². The van der Waals surface area contributed by atoms with E-state index in [1.165, 1.54) is 19.1 Å². The monoisotopic (exact) mass is 241 g/mol. The van der Waals surface area contributed by atoms with Gasteiger partial charge in [0.25, 0.3) is 0 Å². The summed E-state index contributed by atoms with van der Waals surface area (Å²) in [6.07, 6.45) is 0.151. The van der Waals surface area contributed by atoms with Gasteiger partial charge in [0, 0.05) is 12.5 Å². The minimum atomic E-state index is -1.33. The maximum Gasteiger partial charge on any atom is 0.323 e. The fourth-order valence-corrected chi connectivity index (χ4v) is 1.21. The van der Waals surface area contributed by atoms with Crippen LogP contribution in [0.15, 0.2) is 18.2 Å². The summed E-state index contributed by atoms with van der Waals surface area (Å²) in [7, 11) is 0. The highest BCUT2D eigenvalue weighted by Crippen LogP contribution is 2.19. The molecule has 0 aliphatic carbocycles. The highest BCUT2D eigenvalue weighted by atomic mass is 19.1. The van der Waals surface area contributed by atoms with Gasteiger partial charge in [0.15, 0.2) is 0 Å². The van der Waals surface area contributed by atoms with E-state index in [1.54, 1.807) is 13.0 Å². The number of hydrogen-bond acceptors (Lipinski definition) is 3. The van der Waals surface area contributed by atoms with Crippen molar-refractivity contribution in [1.82, 2.24) is 0 Å². The number of aryl methyl sites for hydroxylation is 1. The largest absolute Gasteiger partial charge is 0.493 e. The fourth-order valence-electron chi connectivity index (χ4n) is 1.21. The van der Waals surface area contributed by atoms with Crippen LogP contribution in [0.2, 0.25) is 0 Å². The minimum absolute atomic E-state index is 0.129. The minimum Gasteiger partial charge on any atom is -0.493 e. The van der Waals surface area contributed by atoms with E-state index in [1.807, 2.05) is 0 Å². The zero-order valence-electron chi connectivity index (χ0n) is 9.87. The molecule has 0 amide bonds. The van der Waals surface area contributed by atoms with E-state index in [0.29, 0.717) is 5.75 Å². The Hall–Kier alpha value is -1.62. The van der Waals surface area contributed by atoms with Crippen LogP contribution in [-0.4, -0.2) is 23.2 Å². The number of halogens is 1. The molecular formula is C12H16FNO3. The Morgan fingerprint density at radius 3 is 2.82 bits per heavy atom. The molecule has 5 heteroatoms. The van der Waals surface area contributed by atoms with Crippen molar-refractivity contribution in [3.8, 4) is 5.75 Å². The quantitative estimate of drug-likeness (QED) is 0.823. The first-order valence-corrected chi connectivity index (χ1v) is 5.24. The molecule has 94 valence electrons. The van der Waals surface area contributed by atoms with Crippen molar-refractivity contribution in [3.05, 3.63) is 29.6 Å². The summed E-state index contributed by atoms with van der Waals surface area (Å²) in [6.45, 7) is 3.33. The number of carbonyl (C=O) groups is 1. The van der Waals surface area contributed by atoms with Crippen molar-refractivity contribution < 1.29 is 19.0 Å². The van der Waals surface area contributed by atoms with Gasteiger partial charge >= 0.3 is 5.97 Å². The standard InChI is InChI=1S/C12H16FNO3/c1-8-3-4-9(13)7-10(8)17-6-5-12(2,14)11(15)16/h3-4,7H,5-6,14H2,1-2H3,(H,15,16). The molecule has 0 heterocycles. The highest BCUT2D eigenvalue weighted by Gasteiger charge is 2.27. The lowest BCUT2D eigenvalue weighted by molar-refractivity contribution is -0.143. The van der Waals surface area contributed by atoms with Crippen LogP contribution in [0.4, 0.5) is 4.39 Å². The summed E-state index contributed by atoms with van der Waals surface area (Å²) >= 11 is 0. The van der Waals surface area contributed by atoms with Crippen molar-refractivity contribution >= 4 is 5.97 Å². The molecule has 0 radical (unpaired) electrons. The van der Waals surface area contributed by atoms with E-state index < -0.39 is 11.5 Å². The van der Waals surface area contributed by atoms with E-state index >= 15 is 0 Å². The van der Waals surface area contributed by atoms with Gasteiger partial charge in [-0.1, -0.05) is 6.07 Å². The van der Waals surface area contributed by atoms with E-state index in [9.17, 15) is 9.18 Å². The van der Waals surface area contributed by atoms with Crippen LogP contribution in [-0.2, 0) is 4.79 Å². The van der Waals surface area contributed by atoms with Crippen LogP contribution >= 0.6 is 0 Å². The average Bonchev–Trinajstić information content (AvgIpc) is 2.22. The molecule has 0 aliphatic rings. The highest BCUT2D eigenvalue weighted by molar-refractivity contribution is 5.77. The number of ether oxygens (including phenoxy) is 1. The van der Waals surface area contributed by atoms with Crippen molar-refractivity contribution in [2.24, 2.45) is 5.73 Å². The van der Waals surface area contributed by atoms with Gasteiger partial charge in [-0.05, 0) is 25.5 Å². The van der Waals surface area contributed by atoms with Gasteiger partial charge in [-0.15, -0.1) is 0 Å². The first-order valence-electron chi connectivity index (χ1n) is 5.24. The van der Waals surface area contributed by atoms with Crippen molar-refractivity contribution in [1.29, 1.82) is 0 Å². The number of nitrogens with two attached hydrogens (primary N) is 1. The van der Waals surface area contributed by atoms with Crippen LogP contribution < -0.4 is 10.5 Å². The van der Waals surface area contributed by atoms with Gasteiger partial charge in [-0.25, -0.2) is 4.39 Å². The predicted molar refractivity (Wildman–Crippen MR) is 61.5 cm³/mol. The molecule has 1 atom stereocenters. The zero-order chi connectivity index (χ0) is 13.1. The maximum absolute atomic E-state index is 12.9. The molecule has 4 nitrogen and oxygen atoms in total. The lowest BCUT2D eigenvalue weighted by atomic mass is 10.0. The molecule has 0 spiro atoms. The second-order valence-corrected chi connectivity index (χ2v) is 4.23. The number of carboxylic acid groups (broad SMARTS) is 1. The molecule has 1 aromatic rings. The van der Waals surface area contributed by atoms with Crippen molar-refractivity contribution in [3.63, 3.8) is 0 Å². The molecule has 0 saturated heterocycles. The molecule has 0 fully saturated rings. The van der Waals surface area contributed by atoms with Gasteiger partial charge in [0.2, 0.25) is 0 Å². The number of benzene rings is 1. The summed E-state index contributed by atoms with van der Waals surface area (Å²) in [5, 5.41) is 8.80. The lowest BCUT2D eigenvalue weighted by Gasteiger charge is -2.19. The summed E-state index contributed by atoms with van der Waals surface area (Å²) in [4.78, 5) is 10.7. The third kappa shape index (κ3) is 3.71. The Bertz CT molecular complexity index is 418. The van der Waals surface area contributed by atoms with Gasteiger partial charge < -0.3 is 15.6 Å².